The molecule has 1 aliphatic heterocycles. The smallest absolute Gasteiger partial charge is 0.245 e. The van der Waals surface area contributed by atoms with Gasteiger partial charge in [0.2, 0.25) is 5.91 Å². The van der Waals surface area contributed by atoms with E-state index in [2.05, 4.69) is 29.0 Å². The first-order chi connectivity index (χ1) is 11.2. The number of hydrogen-bond donors (Lipinski definition) is 0. The van der Waals surface area contributed by atoms with E-state index in [0.29, 0.717) is 6.54 Å². The molecule has 1 aliphatic rings. The van der Waals surface area contributed by atoms with Crippen LogP contribution >= 0.6 is 24.8 Å². The van der Waals surface area contributed by atoms with Crippen LogP contribution in [0.5, 0.6) is 0 Å². The average Bonchev–Trinajstić information content (AvgIpc) is 2.91. The lowest BCUT2D eigenvalue weighted by molar-refractivity contribution is 0.0806. The average molecular weight is 380 g/mol. The van der Waals surface area contributed by atoms with E-state index in [1.807, 2.05) is 41.0 Å². The van der Waals surface area contributed by atoms with Crippen LogP contribution in [0.2, 0.25) is 0 Å². The number of rotatable bonds is 2. The summed E-state index contributed by atoms with van der Waals surface area (Å²) in [5.41, 5.74) is 2.01. The Hall–Kier alpha value is -1.59. The second-order valence-electron chi connectivity index (χ2n) is 6.34. The summed E-state index contributed by atoms with van der Waals surface area (Å²) in [7, 11) is 2.13. The summed E-state index contributed by atoms with van der Waals surface area (Å²) < 4.78 is 1.89. The quantitative estimate of drug-likeness (QED) is 0.681. The van der Waals surface area contributed by atoms with E-state index >= 15 is 0 Å². The molecule has 0 spiro atoms. The highest BCUT2D eigenvalue weighted by Crippen LogP contribution is 2.28. The molecule has 4 nitrogen and oxygen atoms in total. The minimum atomic E-state index is 0. The zero-order chi connectivity index (χ0) is 15.8. The van der Waals surface area contributed by atoms with Gasteiger partial charge in [0.1, 0.15) is 0 Å². The highest BCUT2D eigenvalue weighted by molar-refractivity contribution is 6.13. The van der Waals surface area contributed by atoms with Crippen LogP contribution in [-0.4, -0.2) is 60.0 Å². The number of aromatic nitrogens is 1. The van der Waals surface area contributed by atoms with Gasteiger partial charge < -0.3 is 4.90 Å². The van der Waals surface area contributed by atoms with Gasteiger partial charge in [-0.25, -0.2) is 0 Å². The van der Waals surface area contributed by atoms with Crippen LogP contribution in [0.15, 0.2) is 48.5 Å². The predicted molar refractivity (Wildman–Crippen MR) is 109 cm³/mol. The molecule has 0 N–H and O–H groups in total. The summed E-state index contributed by atoms with van der Waals surface area (Å²) in [6.45, 7) is 4.45. The molecule has 6 heteroatoms. The summed E-state index contributed by atoms with van der Waals surface area (Å²) >= 11 is 0. The molecule has 3 aromatic rings. The molecule has 0 saturated carbocycles. The fourth-order valence-corrected chi connectivity index (χ4v) is 3.46. The maximum Gasteiger partial charge on any atom is 0.245 e. The van der Waals surface area contributed by atoms with Gasteiger partial charge >= 0.3 is 0 Å². The van der Waals surface area contributed by atoms with Crippen molar-refractivity contribution in [2.45, 2.75) is 0 Å². The number of carbonyl (C=O) groups is 1. The molecule has 134 valence electrons. The zero-order valence-electron chi connectivity index (χ0n) is 14.2. The monoisotopic (exact) mass is 379 g/mol. The molecule has 1 aromatic heterocycles. The van der Waals surface area contributed by atoms with Crippen LogP contribution in [0, 0.1) is 0 Å². The first-order valence-electron chi connectivity index (χ1n) is 8.16. The standard InChI is InChI=1S/C19H21N3O.2ClH/c1-20-10-12-21(13-11-20)14-19(23)22-17-8-4-2-6-15(17)16-7-3-5-9-18(16)22;;/h2-9H,10-14H2,1H3;2*1H. The molecule has 1 saturated heterocycles. The summed E-state index contributed by atoms with van der Waals surface area (Å²) in [5, 5.41) is 2.30. The second-order valence-corrected chi connectivity index (χ2v) is 6.34. The lowest BCUT2D eigenvalue weighted by Gasteiger charge is -2.31. The van der Waals surface area contributed by atoms with Crippen molar-refractivity contribution in [3.8, 4) is 0 Å². The van der Waals surface area contributed by atoms with Crippen LogP contribution in [0.3, 0.4) is 0 Å². The van der Waals surface area contributed by atoms with E-state index in [1.165, 1.54) is 0 Å². The van der Waals surface area contributed by atoms with Crippen LogP contribution < -0.4 is 0 Å². The Morgan fingerprint density at radius 3 is 1.84 bits per heavy atom. The van der Waals surface area contributed by atoms with Crippen LogP contribution in [0.4, 0.5) is 0 Å². The largest absolute Gasteiger partial charge is 0.304 e. The van der Waals surface area contributed by atoms with E-state index in [0.717, 1.165) is 48.0 Å². The molecule has 1 fully saturated rings. The van der Waals surface area contributed by atoms with Gasteiger partial charge in [-0.15, -0.1) is 24.8 Å². The van der Waals surface area contributed by atoms with Crippen molar-refractivity contribution in [2.75, 3.05) is 39.8 Å². The summed E-state index contributed by atoms with van der Waals surface area (Å²) in [4.78, 5) is 17.6. The zero-order valence-corrected chi connectivity index (χ0v) is 15.9. The maximum atomic E-state index is 13.0. The Balaban J connectivity index is 0.00000113. The van der Waals surface area contributed by atoms with Crippen molar-refractivity contribution >= 4 is 52.5 Å². The molecule has 0 bridgehead atoms. The molecule has 2 heterocycles. The number of piperazine rings is 1. The molecule has 0 aliphatic carbocycles. The van der Waals surface area contributed by atoms with Gasteiger partial charge in [0.25, 0.3) is 0 Å². The molecular weight excluding hydrogens is 357 g/mol. The predicted octanol–water partition coefficient (Wildman–Crippen LogP) is 3.53. The van der Waals surface area contributed by atoms with Crippen LogP contribution in [0.25, 0.3) is 21.8 Å². The SMILES string of the molecule is CN1CCN(CC(=O)n2c3ccccc3c3ccccc32)CC1.Cl.Cl. The molecule has 0 radical (unpaired) electrons. The summed E-state index contributed by atoms with van der Waals surface area (Å²) in [6.07, 6.45) is 0. The lowest BCUT2D eigenvalue weighted by atomic mass is 10.2. The van der Waals surface area contributed by atoms with Crippen LogP contribution in [-0.2, 0) is 0 Å². The Bertz CT molecular complexity index is 816. The Morgan fingerprint density at radius 2 is 1.32 bits per heavy atom. The number of benzene rings is 2. The Morgan fingerprint density at radius 1 is 0.840 bits per heavy atom. The van der Waals surface area contributed by atoms with Gasteiger partial charge in [0.05, 0.1) is 17.6 Å². The highest BCUT2D eigenvalue weighted by Gasteiger charge is 2.20. The number of para-hydroxylation sites is 2. The molecular formula is C19H23Cl2N3O. The fourth-order valence-electron chi connectivity index (χ4n) is 3.46. The van der Waals surface area contributed by atoms with Gasteiger partial charge in [-0.1, -0.05) is 36.4 Å². The minimum absolute atomic E-state index is 0. The second kappa shape index (κ2) is 8.19. The third-order valence-electron chi connectivity index (χ3n) is 4.78. The van der Waals surface area contributed by atoms with Crippen molar-refractivity contribution in [3.63, 3.8) is 0 Å². The van der Waals surface area contributed by atoms with E-state index in [-0.39, 0.29) is 30.7 Å². The molecule has 0 amide bonds. The fraction of sp³-hybridized carbons (Fsp3) is 0.316. The van der Waals surface area contributed by atoms with Crippen LogP contribution in [0.1, 0.15) is 4.79 Å². The Labute approximate surface area is 160 Å². The number of nitrogens with zero attached hydrogens (tertiary/aromatic N) is 3. The number of fused-ring (bicyclic) bond motifs is 3. The third kappa shape index (κ3) is 3.67. The molecule has 2 aromatic carbocycles. The maximum absolute atomic E-state index is 13.0. The normalized spacial score (nSPS) is 15.7. The van der Waals surface area contributed by atoms with Crippen molar-refractivity contribution in [3.05, 3.63) is 48.5 Å². The van der Waals surface area contributed by atoms with E-state index in [9.17, 15) is 4.79 Å². The molecule has 0 atom stereocenters. The van der Waals surface area contributed by atoms with E-state index in [1.54, 1.807) is 0 Å². The van der Waals surface area contributed by atoms with Gasteiger partial charge in [-0.05, 0) is 19.2 Å². The van der Waals surface area contributed by atoms with Crippen molar-refractivity contribution in [2.24, 2.45) is 0 Å². The van der Waals surface area contributed by atoms with Gasteiger partial charge in [0.15, 0.2) is 0 Å². The number of likely N-dealkylation sites (N-methyl/N-ethyl adjacent to an activating group) is 1. The Kier molecular flexibility index (Phi) is 6.47. The molecule has 4 rings (SSSR count). The highest BCUT2D eigenvalue weighted by atomic mass is 35.5. The van der Waals surface area contributed by atoms with Crippen molar-refractivity contribution in [1.82, 2.24) is 14.4 Å². The topological polar surface area (TPSA) is 28.5 Å². The van der Waals surface area contributed by atoms with Gasteiger partial charge in [-0.2, -0.15) is 0 Å². The third-order valence-corrected chi connectivity index (χ3v) is 4.78. The minimum Gasteiger partial charge on any atom is -0.304 e. The molecule has 0 unspecified atom stereocenters. The summed E-state index contributed by atoms with van der Waals surface area (Å²) in [6, 6.07) is 16.3. The van der Waals surface area contributed by atoms with Crippen molar-refractivity contribution < 1.29 is 4.79 Å². The first-order valence-corrected chi connectivity index (χ1v) is 8.16. The van der Waals surface area contributed by atoms with E-state index in [4.69, 9.17) is 0 Å². The lowest BCUT2D eigenvalue weighted by Crippen LogP contribution is -2.46. The molecule has 25 heavy (non-hydrogen) atoms. The van der Waals surface area contributed by atoms with Gasteiger partial charge in [-0.3, -0.25) is 14.3 Å². The van der Waals surface area contributed by atoms with Crippen molar-refractivity contribution in [1.29, 1.82) is 0 Å². The number of halogens is 2. The number of hydrogen-bond acceptors (Lipinski definition) is 3. The van der Waals surface area contributed by atoms with Gasteiger partial charge in [0, 0.05) is 37.0 Å². The summed E-state index contributed by atoms with van der Waals surface area (Å²) in [5.74, 6) is 0.159. The first kappa shape index (κ1) is 19.7. The van der Waals surface area contributed by atoms with E-state index < -0.39 is 0 Å². The number of carbonyl (C=O) groups excluding carboxylic acids is 1.